The number of aryl methyl sites for hydroxylation is 2. The molecule has 4 rings (SSSR count). The molecule has 0 spiro atoms. The van der Waals surface area contributed by atoms with Crippen LogP contribution in [0.2, 0.25) is 10.0 Å². The fourth-order valence-corrected chi connectivity index (χ4v) is 3.61. The number of rotatable bonds is 5. The molecule has 0 amide bonds. The number of nitrogens with zero attached hydrogens (tertiary/aromatic N) is 3. The summed E-state index contributed by atoms with van der Waals surface area (Å²) in [5, 5.41) is 9.22. The summed E-state index contributed by atoms with van der Waals surface area (Å²) in [6.45, 7) is 4.16. The minimum absolute atomic E-state index is 0.507. The van der Waals surface area contributed by atoms with E-state index in [1.54, 1.807) is 6.07 Å². The zero-order valence-electron chi connectivity index (χ0n) is 15.7. The van der Waals surface area contributed by atoms with Gasteiger partial charge in [-0.2, -0.15) is 9.61 Å². The van der Waals surface area contributed by atoms with Crippen LogP contribution in [-0.4, -0.2) is 14.6 Å². The van der Waals surface area contributed by atoms with Crippen LogP contribution >= 0.6 is 23.2 Å². The molecular formula is C22H20Cl2N4. The molecule has 0 unspecified atom stereocenters. The van der Waals surface area contributed by atoms with E-state index in [2.05, 4.69) is 24.4 Å². The highest BCUT2D eigenvalue weighted by Crippen LogP contribution is 2.31. The van der Waals surface area contributed by atoms with Crippen LogP contribution in [0, 0.1) is 6.92 Å². The highest BCUT2D eigenvalue weighted by molar-refractivity contribution is 6.42. The van der Waals surface area contributed by atoms with E-state index in [-0.39, 0.29) is 0 Å². The van der Waals surface area contributed by atoms with E-state index in [1.807, 2.05) is 47.8 Å². The first kappa shape index (κ1) is 18.8. The van der Waals surface area contributed by atoms with Gasteiger partial charge in [0.25, 0.3) is 0 Å². The fourth-order valence-electron chi connectivity index (χ4n) is 3.31. The maximum absolute atomic E-state index is 6.18. The SMILES string of the molecule is CCCc1cc(Nc2ccc(Cl)c(Cl)c2)n2nc(C)c(-c3ccccc3)c2n1. The Morgan fingerprint density at radius 3 is 2.50 bits per heavy atom. The summed E-state index contributed by atoms with van der Waals surface area (Å²) < 4.78 is 1.86. The van der Waals surface area contributed by atoms with Gasteiger partial charge in [-0.05, 0) is 37.1 Å². The van der Waals surface area contributed by atoms with Crippen molar-refractivity contribution >= 4 is 40.4 Å². The molecule has 1 N–H and O–H groups in total. The number of benzene rings is 2. The molecule has 4 nitrogen and oxygen atoms in total. The molecule has 2 aromatic heterocycles. The van der Waals surface area contributed by atoms with Crippen LogP contribution in [0.25, 0.3) is 16.8 Å². The molecule has 6 heteroatoms. The zero-order valence-corrected chi connectivity index (χ0v) is 17.2. The van der Waals surface area contributed by atoms with Crippen LogP contribution in [-0.2, 0) is 6.42 Å². The number of nitrogens with one attached hydrogen (secondary N) is 1. The summed E-state index contributed by atoms with van der Waals surface area (Å²) in [5.74, 6) is 0.845. The van der Waals surface area contributed by atoms with Crippen molar-refractivity contribution in [3.63, 3.8) is 0 Å². The zero-order chi connectivity index (χ0) is 19.7. The first-order valence-electron chi connectivity index (χ1n) is 9.23. The first-order valence-corrected chi connectivity index (χ1v) is 9.99. The van der Waals surface area contributed by atoms with E-state index in [4.69, 9.17) is 33.3 Å². The van der Waals surface area contributed by atoms with Gasteiger partial charge in [0.05, 0.1) is 15.7 Å². The maximum atomic E-state index is 6.18. The number of hydrogen-bond acceptors (Lipinski definition) is 3. The minimum Gasteiger partial charge on any atom is -0.340 e. The third-order valence-electron chi connectivity index (χ3n) is 4.58. The average Bonchev–Trinajstić information content (AvgIpc) is 3.02. The van der Waals surface area contributed by atoms with Gasteiger partial charge < -0.3 is 5.32 Å². The molecule has 142 valence electrons. The predicted octanol–water partition coefficient (Wildman–Crippen LogP) is 6.71. The van der Waals surface area contributed by atoms with E-state index in [0.29, 0.717) is 10.0 Å². The van der Waals surface area contributed by atoms with Gasteiger partial charge in [-0.25, -0.2) is 4.98 Å². The first-order chi connectivity index (χ1) is 13.6. The van der Waals surface area contributed by atoms with Crippen molar-refractivity contribution in [3.05, 3.63) is 76.0 Å². The lowest BCUT2D eigenvalue weighted by atomic mass is 10.1. The van der Waals surface area contributed by atoms with Crippen LogP contribution in [0.1, 0.15) is 24.7 Å². The van der Waals surface area contributed by atoms with Crippen molar-refractivity contribution < 1.29 is 0 Å². The monoisotopic (exact) mass is 410 g/mol. The summed E-state index contributed by atoms with van der Waals surface area (Å²) in [4.78, 5) is 4.91. The van der Waals surface area contributed by atoms with Gasteiger partial charge in [-0.3, -0.25) is 0 Å². The molecular weight excluding hydrogens is 391 g/mol. The van der Waals surface area contributed by atoms with Gasteiger partial charge in [0.2, 0.25) is 0 Å². The molecule has 0 aliphatic carbocycles. The van der Waals surface area contributed by atoms with Crippen molar-refractivity contribution in [2.75, 3.05) is 5.32 Å². The van der Waals surface area contributed by atoms with Crippen molar-refractivity contribution in [2.45, 2.75) is 26.7 Å². The number of aromatic nitrogens is 3. The van der Waals surface area contributed by atoms with Crippen molar-refractivity contribution in [2.24, 2.45) is 0 Å². The Hall–Kier alpha value is -2.56. The van der Waals surface area contributed by atoms with Crippen LogP contribution in [0.3, 0.4) is 0 Å². The topological polar surface area (TPSA) is 42.2 Å². The van der Waals surface area contributed by atoms with Gasteiger partial charge in [-0.15, -0.1) is 0 Å². The number of anilines is 2. The second kappa shape index (κ2) is 7.82. The van der Waals surface area contributed by atoms with Crippen molar-refractivity contribution in [1.82, 2.24) is 14.6 Å². The third kappa shape index (κ3) is 3.58. The molecule has 0 aliphatic rings. The van der Waals surface area contributed by atoms with Crippen molar-refractivity contribution in [1.29, 1.82) is 0 Å². The van der Waals surface area contributed by atoms with Gasteiger partial charge in [0.1, 0.15) is 5.82 Å². The van der Waals surface area contributed by atoms with E-state index in [9.17, 15) is 0 Å². The minimum atomic E-state index is 0.507. The molecule has 2 aromatic carbocycles. The number of hydrogen-bond donors (Lipinski definition) is 1. The Kier molecular flexibility index (Phi) is 5.25. The molecule has 0 bridgehead atoms. The predicted molar refractivity (Wildman–Crippen MR) is 117 cm³/mol. The molecule has 0 saturated heterocycles. The van der Waals surface area contributed by atoms with E-state index < -0.39 is 0 Å². The lowest BCUT2D eigenvalue weighted by molar-refractivity contribution is 0.858. The van der Waals surface area contributed by atoms with Gasteiger partial charge in [0, 0.05) is 23.0 Å². The normalized spacial score (nSPS) is 11.1. The molecule has 4 aromatic rings. The summed E-state index contributed by atoms with van der Waals surface area (Å²) in [6.07, 6.45) is 1.91. The standard InChI is InChI=1S/C22H20Cl2N4/c1-3-7-16-13-20(25-17-10-11-18(23)19(24)12-17)28-22(26-16)21(14(2)27-28)15-8-5-4-6-9-15/h4-6,8-13,25H,3,7H2,1-2H3. The Morgan fingerprint density at radius 2 is 1.79 bits per heavy atom. The molecule has 0 atom stereocenters. The van der Waals surface area contributed by atoms with E-state index >= 15 is 0 Å². The molecule has 2 heterocycles. The largest absolute Gasteiger partial charge is 0.340 e. The molecule has 0 aliphatic heterocycles. The molecule has 0 saturated carbocycles. The van der Waals surface area contributed by atoms with Crippen LogP contribution in [0.5, 0.6) is 0 Å². The molecule has 0 fully saturated rings. The van der Waals surface area contributed by atoms with Crippen molar-refractivity contribution in [3.8, 4) is 11.1 Å². The third-order valence-corrected chi connectivity index (χ3v) is 5.32. The van der Waals surface area contributed by atoms with Gasteiger partial charge in [-0.1, -0.05) is 66.9 Å². The summed E-state index contributed by atoms with van der Waals surface area (Å²) in [5.41, 5.74) is 5.81. The summed E-state index contributed by atoms with van der Waals surface area (Å²) >= 11 is 12.2. The van der Waals surface area contributed by atoms with Crippen LogP contribution < -0.4 is 5.32 Å². The Labute approximate surface area is 174 Å². The maximum Gasteiger partial charge on any atom is 0.165 e. The van der Waals surface area contributed by atoms with Gasteiger partial charge in [0.15, 0.2) is 5.65 Å². The van der Waals surface area contributed by atoms with Gasteiger partial charge >= 0.3 is 0 Å². The van der Waals surface area contributed by atoms with Crippen LogP contribution in [0.4, 0.5) is 11.5 Å². The average molecular weight is 411 g/mol. The lowest BCUT2D eigenvalue weighted by Crippen LogP contribution is -2.04. The molecule has 28 heavy (non-hydrogen) atoms. The smallest absolute Gasteiger partial charge is 0.165 e. The summed E-state index contributed by atoms with van der Waals surface area (Å²) in [7, 11) is 0. The summed E-state index contributed by atoms with van der Waals surface area (Å²) in [6, 6.07) is 17.8. The second-order valence-corrected chi connectivity index (χ2v) is 7.51. The fraction of sp³-hybridized carbons (Fsp3) is 0.182. The van der Waals surface area contributed by atoms with Crippen LogP contribution in [0.15, 0.2) is 54.6 Å². The Bertz CT molecular complexity index is 1140. The Morgan fingerprint density at radius 1 is 1.00 bits per heavy atom. The quantitative estimate of drug-likeness (QED) is 0.397. The lowest BCUT2D eigenvalue weighted by Gasteiger charge is -2.11. The molecule has 0 radical (unpaired) electrons. The highest BCUT2D eigenvalue weighted by Gasteiger charge is 2.17. The van der Waals surface area contributed by atoms with E-state index in [1.165, 1.54) is 0 Å². The van der Waals surface area contributed by atoms with E-state index in [0.717, 1.165) is 52.5 Å². The number of halogens is 2. The second-order valence-electron chi connectivity index (χ2n) is 6.70. The highest BCUT2D eigenvalue weighted by atomic mass is 35.5. The Balaban J connectivity index is 1.89. The number of fused-ring (bicyclic) bond motifs is 1.